The molecule has 0 spiro atoms. The van der Waals surface area contributed by atoms with Crippen LogP contribution in [0.1, 0.15) is 33.5 Å². The van der Waals surface area contributed by atoms with E-state index in [1.165, 1.54) is 23.5 Å². The Kier molecular flexibility index (Phi) is 7.42. The van der Waals surface area contributed by atoms with Gasteiger partial charge in [-0.25, -0.2) is 0 Å². The van der Waals surface area contributed by atoms with Crippen molar-refractivity contribution in [1.82, 2.24) is 10.6 Å². The molecule has 8 heteroatoms. The van der Waals surface area contributed by atoms with Gasteiger partial charge in [0.1, 0.15) is 11.8 Å². The van der Waals surface area contributed by atoms with E-state index in [0.29, 0.717) is 17.0 Å². The molecule has 4 rings (SSSR count). The Morgan fingerprint density at radius 2 is 1.54 bits per heavy atom. The van der Waals surface area contributed by atoms with Crippen LogP contribution < -0.4 is 15.5 Å². The van der Waals surface area contributed by atoms with Crippen LogP contribution in [0.2, 0.25) is 0 Å². The largest absolute Gasteiger partial charge is 0.467 e. The summed E-state index contributed by atoms with van der Waals surface area (Å²) < 4.78 is 10.4. The minimum absolute atomic E-state index is 0.0929. The third-order valence-electron chi connectivity index (χ3n) is 5.36. The molecule has 0 aliphatic rings. The number of rotatable bonds is 9. The average Bonchev–Trinajstić information content (AvgIpc) is 3.60. The van der Waals surface area contributed by atoms with Crippen molar-refractivity contribution in [1.29, 1.82) is 0 Å². The number of hydrogen-bond acceptors (Lipinski definition) is 5. The normalized spacial score (nSPS) is 11.5. The monoisotopic (exact) mass is 471 g/mol. The Labute approximate surface area is 202 Å². The van der Waals surface area contributed by atoms with Crippen LogP contribution >= 0.6 is 0 Å². The number of carbonyl (C=O) groups excluding carboxylic acids is 3. The van der Waals surface area contributed by atoms with E-state index in [-0.39, 0.29) is 24.8 Å². The lowest BCUT2D eigenvalue weighted by molar-refractivity contribution is -0.126. The fraction of sp³-hybridized carbons (Fsp3) is 0.148. The molecule has 3 amide bonds. The number of para-hydroxylation sites is 1. The van der Waals surface area contributed by atoms with E-state index in [9.17, 15) is 14.4 Å². The Balaban J connectivity index is 1.64. The SMILES string of the molecule is Cc1ccc([C@H](C(=O)NCc2ccco2)N(C(=O)CNC(=O)c2ccco2)c2ccccc2)cc1. The van der Waals surface area contributed by atoms with Gasteiger partial charge in [0, 0.05) is 5.69 Å². The number of amides is 3. The van der Waals surface area contributed by atoms with Gasteiger partial charge in [-0.1, -0.05) is 48.0 Å². The van der Waals surface area contributed by atoms with Crippen LogP contribution in [0.15, 0.2) is 100 Å². The molecule has 0 aliphatic heterocycles. The van der Waals surface area contributed by atoms with Crippen molar-refractivity contribution < 1.29 is 23.2 Å². The third kappa shape index (κ3) is 5.86. The van der Waals surface area contributed by atoms with E-state index in [4.69, 9.17) is 8.83 Å². The van der Waals surface area contributed by atoms with E-state index in [2.05, 4.69) is 10.6 Å². The predicted octanol–water partition coefficient (Wildman–Crippen LogP) is 4.00. The highest BCUT2D eigenvalue weighted by Gasteiger charge is 2.33. The van der Waals surface area contributed by atoms with Crippen molar-refractivity contribution in [2.45, 2.75) is 19.5 Å². The zero-order valence-corrected chi connectivity index (χ0v) is 19.1. The quantitative estimate of drug-likeness (QED) is 0.384. The summed E-state index contributed by atoms with van der Waals surface area (Å²) in [4.78, 5) is 40.8. The molecule has 1 atom stereocenters. The van der Waals surface area contributed by atoms with Gasteiger partial charge in [0.15, 0.2) is 5.76 Å². The summed E-state index contributed by atoms with van der Waals surface area (Å²) in [5.41, 5.74) is 2.16. The third-order valence-corrected chi connectivity index (χ3v) is 5.36. The summed E-state index contributed by atoms with van der Waals surface area (Å²) in [5, 5.41) is 5.43. The molecule has 4 aromatic rings. The molecule has 2 heterocycles. The Morgan fingerprint density at radius 3 is 2.20 bits per heavy atom. The standard InChI is InChI=1S/C27H25N3O5/c1-19-11-13-20(14-12-19)25(27(33)28-17-22-9-5-15-34-22)30(21-7-3-2-4-8-21)24(31)18-29-26(32)23-10-6-16-35-23/h2-16,25H,17-18H2,1H3,(H,28,33)(H,29,32)/t25-/m1/s1. The van der Waals surface area contributed by atoms with Gasteiger partial charge in [0.25, 0.3) is 5.91 Å². The topological polar surface area (TPSA) is 105 Å². The summed E-state index contributed by atoms with van der Waals surface area (Å²) >= 11 is 0. The lowest BCUT2D eigenvalue weighted by Gasteiger charge is -2.31. The number of nitrogens with one attached hydrogen (secondary N) is 2. The molecule has 0 fully saturated rings. The lowest BCUT2D eigenvalue weighted by Crippen LogP contribution is -2.47. The van der Waals surface area contributed by atoms with Gasteiger partial charge in [-0.3, -0.25) is 19.3 Å². The van der Waals surface area contributed by atoms with Crippen LogP contribution in [0.4, 0.5) is 5.69 Å². The van der Waals surface area contributed by atoms with Crippen molar-refractivity contribution in [3.63, 3.8) is 0 Å². The molecule has 8 nitrogen and oxygen atoms in total. The molecule has 2 aromatic carbocycles. The van der Waals surface area contributed by atoms with E-state index >= 15 is 0 Å². The summed E-state index contributed by atoms with van der Waals surface area (Å²) in [6.07, 6.45) is 2.91. The molecule has 0 bridgehead atoms. The highest BCUT2D eigenvalue weighted by Crippen LogP contribution is 2.28. The Bertz CT molecular complexity index is 1250. The van der Waals surface area contributed by atoms with Crippen LogP contribution in [0.25, 0.3) is 0 Å². The number of aryl methyl sites for hydroxylation is 1. The Hall–Kier alpha value is -4.59. The summed E-state index contributed by atoms with van der Waals surface area (Å²) in [5.74, 6) is -0.695. The second-order valence-corrected chi connectivity index (χ2v) is 7.87. The van der Waals surface area contributed by atoms with Crippen LogP contribution in [0.3, 0.4) is 0 Å². The van der Waals surface area contributed by atoms with Gasteiger partial charge < -0.3 is 19.5 Å². The van der Waals surface area contributed by atoms with Crippen LogP contribution in [0.5, 0.6) is 0 Å². The minimum Gasteiger partial charge on any atom is -0.467 e. The molecule has 0 saturated heterocycles. The maximum atomic E-state index is 13.5. The van der Waals surface area contributed by atoms with Crippen LogP contribution in [0, 0.1) is 6.92 Å². The summed E-state index contributed by atoms with van der Waals surface area (Å²) in [6.45, 7) is 1.78. The molecular formula is C27H25N3O5. The first-order valence-electron chi connectivity index (χ1n) is 11.1. The molecule has 2 N–H and O–H groups in total. The first-order chi connectivity index (χ1) is 17.0. The van der Waals surface area contributed by atoms with Crippen molar-refractivity contribution in [2.24, 2.45) is 0 Å². The van der Waals surface area contributed by atoms with Gasteiger partial charge in [0.05, 0.1) is 25.6 Å². The molecule has 35 heavy (non-hydrogen) atoms. The first kappa shape index (κ1) is 23.6. The van der Waals surface area contributed by atoms with Gasteiger partial charge in [0.2, 0.25) is 11.8 Å². The summed E-state index contributed by atoms with van der Waals surface area (Å²) in [7, 11) is 0. The van der Waals surface area contributed by atoms with Gasteiger partial charge in [-0.2, -0.15) is 0 Å². The second kappa shape index (κ2) is 11.0. The van der Waals surface area contributed by atoms with Crippen molar-refractivity contribution in [3.05, 3.63) is 114 Å². The van der Waals surface area contributed by atoms with Crippen LogP contribution in [-0.2, 0) is 16.1 Å². The molecule has 0 unspecified atom stereocenters. The van der Waals surface area contributed by atoms with Gasteiger partial charge in [-0.15, -0.1) is 0 Å². The fourth-order valence-corrected chi connectivity index (χ4v) is 3.61. The van der Waals surface area contributed by atoms with Crippen molar-refractivity contribution >= 4 is 23.4 Å². The highest BCUT2D eigenvalue weighted by atomic mass is 16.3. The molecule has 0 aliphatic carbocycles. The van der Waals surface area contributed by atoms with Gasteiger partial charge in [-0.05, 0) is 48.9 Å². The van der Waals surface area contributed by atoms with Crippen molar-refractivity contribution in [3.8, 4) is 0 Å². The average molecular weight is 472 g/mol. The van der Waals surface area contributed by atoms with Gasteiger partial charge >= 0.3 is 0 Å². The van der Waals surface area contributed by atoms with E-state index in [0.717, 1.165) is 5.56 Å². The number of benzene rings is 2. The second-order valence-electron chi connectivity index (χ2n) is 7.87. The smallest absolute Gasteiger partial charge is 0.287 e. The fourth-order valence-electron chi connectivity index (χ4n) is 3.61. The molecular weight excluding hydrogens is 446 g/mol. The van der Waals surface area contributed by atoms with Crippen LogP contribution in [-0.4, -0.2) is 24.3 Å². The number of furan rings is 2. The first-order valence-corrected chi connectivity index (χ1v) is 11.1. The van der Waals surface area contributed by atoms with E-state index < -0.39 is 17.9 Å². The van der Waals surface area contributed by atoms with Crippen molar-refractivity contribution in [2.75, 3.05) is 11.4 Å². The summed E-state index contributed by atoms with van der Waals surface area (Å²) in [6, 6.07) is 21.9. The van der Waals surface area contributed by atoms with E-state index in [1.54, 1.807) is 42.5 Å². The lowest BCUT2D eigenvalue weighted by atomic mass is 10.0. The van der Waals surface area contributed by atoms with E-state index in [1.807, 2.05) is 37.3 Å². The molecule has 2 aromatic heterocycles. The molecule has 178 valence electrons. The predicted molar refractivity (Wildman–Crippen MR) is 129 cm³/mol. The number of carbonyl (C=O) groups is 3. The maximum absolute atomic E-state index is 13.5. The zero-order chi connectivity index (χ0) is 24.6. The minimum atomic E-state index is -0.985. The maximum Gasteiger partial charge on any atom is 0.287 e. The molecule has 0 saturated carbocycles. The zero-order valence-electron chi connectivity index (χ0n) is 19.1. The number of anilines is 1. The molecule has 0 radical (unpaired) electrons. The highest BCUT2D eigenvalue weighted by molar-refractivity contribution is 6.04. The number of nitrogens with zero attached hydrogens (tertiary/aromatic N) is 1. The Morgan fingerprint density at radius 1 is 0.829 bits per heavy atom. The number of hydrogen-bond donors (Lipinski definition) is 2.